The van der Waals surface area contributed by atoms with E-state index in [1.807, 2.05) is 24.3 Å². The van der Waals surface area contributed by atoms with Crippen LogP contribution in [-0.2, 0) is 4.74 Å². The van der Waals surface area contributed by atoms with Crippen LogP contribution in [0.5, 0.6) is 0 Å². The molecule has 1 fully saturated rings. The van der Waals surface area contributed by atoms with Crippen LogP contribution >= 0.6 is 0 Å². The summed E-state index contributed by atoms with van der Waals surface area (Å²) in [6.45, 7) is 8.76. The molecule has 26 heavy (non-hydrogen) atoms. The molecule has 0 unspecified atom stereocenters. The minimum atomic E-state index is 0.0101. The van der Waals surface area contributed by atoms with Gasteiger partial charge in [0.1, 0.15) is 5.82 Å². The van der Waals surface area contributed by atoms with Crippen molar-refractivity contribution in [2.24, 2.45) is 0 Å². The molecule has 0 atom stereocenters. The predicted molar refractivity (Wildman–Crippen MR) is 104 cm³/mol. The highest BCUT2D eigenvalue weighted by Crippen LogP contribution is 2.20. The average molecular weight is 354 g/mol. The minimum Gasteiger partial charge on any atom is -0.378 e. The third-order valence-electron chi connectivity index (χ3n) is 4.58. The van der Waals surface area contributed by atoms with Crippen molar-refractivity contribution in [3.63, 3.8) is 0 Å². The van der Waals surface area contributed by atoms with Crippen molar-refractivity contribution in [3.05, 3.63) is 48.2 Å². The van der Waals surface area contributed by atoms with Crippen LogP contribution in [-0.4, -0.2) is 55.2 Å². The number of morpholine rings is 1. The van der Waals surface area contributed by atoms with Crippen molar-refractivity contribution >= 4 is 23.1 Å². The topological polar surface area (TPSA) is 57.7 Å². The van der Waals surface area contributed by atoms with E-state index in [0.29, 0.717) is 31.9 Å². The monoisotopic (exact) mass is 354 g/mol. The molecule has 2 aromatic rings. The molecule has 1 aromatic carbocycles. The largest absolute Gasteiger partial charge is 0.378 e. The number of nitrogens with zero attached hydrogens (tertiary/aromatic N) is 3. The van der Waals surface area contributed by atoms with Gasteiger partial charge >= 0.3 is 0 Å². The normalized spacial score (nSPS) is 14.2. The second kappa shape index (κ2) is 8.67. The molecule has 0 bridgehead atoms. The van der Waals surface area contributed by atoms with Crippen molar-refractivity contribution in [2.45, 2.75) is 13.8 Å². The lowest BCUT2D eigenvalue weighted by molar-refractivity contribution is 0.0302. The fraction of sp³-hybridized carbons (Fsp3) is 0.400. The van der Waals surface area contributed by atoms with Gasteiger partial charge in [0.2, 0.25) is 0 Å². The maximum absolute atomic E-state index is 12.4. The molecular weight excluding hydrogens is 328 g/mol. The highest BCUT2D eigenvalue weighted by Gasteiger charge is 2.18. The van der Waals surface area contributed by atoms with E-state index < -0.39 is 0 Å². The van der Waals surface area contributed by atoms with Gasteiger partial charge in [0.05, 0.1) is 18.8 Å². The summed E-state index contributed by atoms with van der Waals surface area (Å²) in [5.41, 5.74) is 2.79. The zero-order chi connectivity index (χ0) is 18.4. The van der Waals surface area contributed by atoms with Gasteiger partial charge < -0.3 is 19.9 Å². The molecule has 0 aliphatic carbocycles. The first-order valence-electron chi connectivity index (χ1n) is 9.16. The second-order valence-electron chi connectivity index (χ2n) is 6.18. The third-order valence-corrected chi connectivity index (χ3v) is 4.58. The van der Waals surface area contributed by atoms with E-state index in [1.165, 1.54) is 5.69 Å². The number of pyridine rings is 1. The molecule has 0 saturated carbocycles. The summed E-state index contributed by atoms with van der Waals surface area (Å²) in [5.74, 6) is 0.732. The van der Waals surface area contributed by atoms with E-state index >= 15 is 0 Å². The van der Waals surface area contributed by atoms with Gasteiger partial charge in [-0.1, -0.05) is 0 Å². The number of benzene rings is 1. The maximum Gasteiger partial charge on any atom is 0.255 e. The van der Waals surface area contributed by atoms with Gasteiger partial charge in [0, 0.05) is 43.8 Å². The van der Waals surface area contributed by atoms with Crippen molar-refractivity contribution < 1.29 is 9.53 Å². The van der Waals surface area contributed by atoms with Crippen LogP contribution in [0, 0.1) is 0 Å². The fourth-order valence-electron chi connectivity index (χ4n) is 3.04. The molecule has 1 saturated heterocycles. The smallest absolute Gasteiger partial charge is 0.255 e. The molecule has 138 valence electrons. The number of aromatic nitrogens is 1. The lowest BCUT2D eigenvalue weighted by atomic mass is 10.2. The number of anilines is 3. The third kappa shape index (κ3) is 4.32. The fourth-order valence-corrected chi connectivity index (χ4v) is 3.04. The van der Waals surface area contributed by atoms with E-state index in [2.05, 4.69) is 41.2 Å². The van der Waals surface area contributed by atoms with Gasteiger partial charge in [-0.2, -0.15) is 0 Å². The van der Waals surface area contributed by atoms with Crippen LogP contribution in [0.1, 0.15) is 24.2 Å². The second-order valence-corrected chi connectivity index (χ2v) is 6.18. The summed E-state index contributed by atoms with van der Waals surface area (Å²) in [6.07, 6.45) is 1.63. The Kier molecular flexibility index (Phi) is 6.07. The summed E-state index contributed by atoms with van der Waals surface area (Å²) in [6, 6.07) is 11.9. The van der Waals surface area contributed by atoms with Crippen molar-refractivity contribution in [1.29, 1.82) is 0 Å². The number of hydrogen-bond acceptors (Lipinski definition) is 5. The van der Waals surface area contributed by atoms with Crippen LogP contribution in [0.15, 0.2) is 42.6 Å². The first-order chi connectivity index (χ1) is 12.7. The minimum absolute atomic E-state index is 0.0101. The SMILES string of the molecule is CCN(CC)c1ccc(Nc2ccc(C(=O)N3CCOCC3)cn2)cc1. The first kappa shape index (κ1) is 18.2. The molecule has 1 N–H and O–H groups in total. The maximum atomic E-state index is 12.4. The Bertz CT molecular complexity index is 706. The van der Waals surface area contributed by atoms with Crippen molar-refractivity contribution in [1.82, 2.24) is 9.88 Å². The molecular formula is C20H26N4O2. The number of carbonyl (C=O) groups excluding carboxylic acids is 1. The summed E-state index contributed by atoms with van der Waals surface area (Å²) in [4.78, 5) is 20.9. The van der Waals surface area contributed by atoms with E-state index in [9.17, 15) is 4.79 Å². The van der Waals surface area contributed by atoms with Crippen LogP contribution in [0.2, 0.25) is 0 Å². The van der Waals surface area contributed by atoms with Gasteiger partial charge in [-0.05, 0) is 50.2 Å². The summed E-state index contributed by atoms with van der Waals surface area (Å²) in [5, 5.41) is 3.28. The number of nitrogens with one attached hydrogen (secondary N) is 1. The Hall–Kier alpha value is -2.60. The molecule has 6 nitrogen and oxygen atoms in total. The molecule has 1 aromatic heterocycles. The Morgan fingerprint density at radius 1 is 1.12 bits per heavy atom. The summed E-state index contributed by atoms with van der Waals surface area (Å²) < 4.78 is 5.29. The molecule has 0 spiro atoms. The summed E-state index contributed by atoms with van der Waals surface area (Å²) >= 11 is 0. The van der Waals surface area contributed by atoms with E-state index in [0.717, 1.165) is 24.6 Å². The number of carbonyl (C=O) groups is 1. The van der Waals surface area contributed by atoms with Crippen LogP contribution in [0.25, 0.3) is 0 Å². The van der Waals surface area contributed by atoms with Gasteiger partial charge in [-0.3, -0.25) is 4.79 Å². The average Bonchev–Trinajstić information content (AvgIpc) is 2.71. The lowest BCUT2D eigenvalue weighted by Crippen LogP contribution is -2.40. The molecule has 6 heteroatoms. The number of ether oxygens (including phenoxy) is 1. The zero-order valence-electron chi connectivity index (χ0n) is 15.4. The van der Waals surface area contributed by atoms with Crippen LogP contribution in [0.4, 0.5) is 17.2 Å². The Balaban J connectivity index is 1.63. The Labute approximate surface area is 154 Å². The van der Waals surface area contributed by atoms with Crippen molar-refractivity contribution in [2.75, 3.05) is 49.6 Å². The molecule has 1 aliphatic rings. The highest BCUT2D eigenvalue weighted by molar-refractivity contribution is 5.94. The first-order valence-corrected chi connectivity index (χ1v) is 9.16. The molecule has 0 radical (unpaired) electrons. The summed E-state index contributed by atoms with van der Waals surface area (Å²) in [7, 11) is 0. The number of amides is 1. The van der Waals surface area contributed by atoms with E-state index in [4.69, 9.17) is 4.74 Å². The van der Waals surface area contributed by atoms with Crippen LogP contribution in [0.3, 0.4) is 0 Å². The molecule has 1 amide bonds. The van der Waals surface area contributed by atoms with Gasteiger partial charge in [-0.15, -0.1) is 0 Å². The predicted octanol–water partition coefficient (Wildman–Crippen LogP) is 3.14. The number of rotatable bonds is 6. The van der Waals surface area contributed by atoms with Gasteiger partial charge in [0.15, 0.2) is 0 Å². The lowest BCUT2D eigenvalue weighted by Gasteiger charge is -2.26. The van der Waals surface area contributed by atoms with E-state index in [-0.39, 0.29) is 5.91 Å². The molecule has 2 heterocycles. The van der Waals surface area contributed by atoms with Gasteiger partial charge in [-0.25, -0.2) is 4.98 Å². The molecule has 3 rings (SSSR count). The highest BCUT2D eigenvalue weighted by atomic mass is 16.5. The molecule has 1 aliphatic heterocycles. The van der Waals surface area contributed by atoms with E-state index in [1.54, 1.807) is 11.1 Å². The quantitative estimate of drug-likeness (QED) is 0.864. The van der Waals surface area contributed by atoms with Crippen LogP contribution < -0.4 is 10.2 Å². The zero-order valence-corrected chi connectivity index (χ0v) is 15.4. The van der Waals surface area contributed by atoms with Gasteiger partial charge in [0.25, 0.3) is 5.91 Å². The number of hydrogen-bond donors (Lipinski definition) is 1. The van der Waals surface area contributed by atoms with Crippen molar-refractivity contribution in [3.8, 4) is 0 Å². The Morgan fingerprint density at radius 2 is 1.81 bits per heavy atom. The Morgan fingerprint density at radius 3 is 2.38 bits per heavy atom. The standard InChI is InChI=1S/C20H26N4O2/c1-3-23(4-2)18-8-6-17(7-9-18)22-19-10-5-16(15-21-19)20(25)24-11-13-26-14-12-24/h5-10,15H,3-4,11-14H2,1-2H3,(H,21,22).